The molecule has 0 fully saturated rings. The number of rotatable bonds is 4. The van der Waals surface area contributed by atoms with Crippen molar-refractivity contribution in [3.63, 3.8) is 0 Å². The van der Waals surface area contributed by atoms with Gasteiger partial charge in [0, 0.05) is 18.3 Å². The summed E-state index contributed by atoms with van der Waals surface area (Å²) in [6.07, 6.45) is 1.46. The van der Waals surface area contributed by atoms with Crippen molar-refractivity contribution in [1.82, 2.24) is 19.9 Å². The van der Waals surface area contributed by atoms with Crippen LogP contribution in [0.3, 0.4) is 0 Å². The van der Waals surface area contributed by atoms with Crippen LogP contribution in [0.25, 0.3) is 5.65 Å². The van der Waals surface area contributed by atoms with Gasteiger partial charge in [0.15, 0.2) is 5.65 Å². The van der Waals surface area contributed by atoms with Crippen LogP contribution >= 0.6 is 0 Å². The Kier molecular flexibility index (Phi) is 3.61. The van der Waals surface area contributed by atoms with Gasteiger partial charge >= 0.3 is 5.69 Å². The second kappa shape index (κ2) is 5.72. The molecule has 0 bridgehead atoms. The van der Waals surface area contributed by atoms with Crippen LogP contribution in [-0.4, -0.2) is 27.6 Å². The Morgan fingerprint density at radius 2 is 2.14 bits per heavy atom. The number of carbonyl (C=O) groups is 1. The summed E-state index contributed by atoms with van der Waals surface area (Å²) in [6, 6.07) is 10.7. The summed E-state index contributed by atoms with van der Waals surface area (Å²) in [5, 5.41) is 8.94. The Hall–Kier alpha value is -3.09. The van der Waals surface area contributed by atoms with E-state index in [1.165, 1.54) is 10.6 Å². The van der Waals surface area contributed by atoms with Gasteiger partial charge in [-0.05, 0) is 18.2 Å². The third kappa shape index (κ3) is 2.56. The summed E-state index contributed by atoms with van der Waals surface area (Å²) in [5.74, 6) is 0.435. The predicted molar refractivity (Wildman–Crippen MR) is 80.0 cm³/mol. The molecule has 0 aliphatic heterocycles. The van der Waals surface area contributed by atoms with E-state index in [-0.39, 0.29) is 11.6 Å². The molecule has 112 valence electrons. The molecule has 3 aromatic rings. The van der Waals surface area contributed by atoms with Crippen LogP contribution in [0.1, 0.15) is 15.9 Å². The zero-order valence-electron chi connectivity index (χ0n) is 11.9. The van der Waals surface area contributed by atoms with Gasteiger partial charge in [0.1, 0.15) is 5.75 Å². The normalized spacial score (nSPS) is 10.6. The molecule has 0 atom stereocenters. The van der Waals surface area contributed by atoms with Crippen LogP contribution in [-0.2, 0) is 6.54 Å². The maximum Gasteiger partial charge on any atom is 0.347 e. The number of ether oxygens (including phenoxy) is 1. The number of carbonyl (C=O) groups excluding carboxylic acids is 1. The number of aromatic nitrogens is 3. The van der Waals surface area contributed by atoms with E-state index in [0.29, 0.717) is 23.5 Å². The van der Waals surface area contributed by atoms with Gasteiger partial charge in [-0.3, -0.25) is 4.79 Å². The number of H-pyrrole nitrogens is 1. The van der Waals surface area contributed by atoms with E-state index in [9.17, 15) is 9.59 Å². The molecule has 2 heterocycles. The Morgan fingerprint density at radius 1 is 1.32 bits per heavy atom. The van der Waals surface area contributed by atoms with E-state index in [1.807, 2.05) is 24.3 Å². The van der Waals surface area contributed by atoms with Gasteiger partial charge in [0.05, 0.1) is 12.7 Å². The molecule has 7 nitrogen and oxygen atoms in total. The van der Waals surface area contributed by atoms with Gasteiger partial charge < -0.3 is 10.1 Å². The highest BCUT2D eigenvalue weighted by Crippen LogP contribution is 2.16. The van der Waals surface area contributed by atoms with E-state index in [0.717, 1.165) is 5.56 Å². The first-order chi connectivity index (χ1) is 10.7. The topological polar surface area (TPSA) is 88.5 Å². The molecule has 7 heteroatoms. The lowest BCUT2D eigenvalue weighted by atomic mass is 10.2. The third-order valence-electron chi connectivity index (χ3n) is 3.31. The number of nitrogens with zero attached hydrogens (tertiary/aromatic N) is 2. The van der Waals surface area contributed by atoms with Gasteiger partial charge in [0.25, 0.3) is 5.91 Å². The molecule has 1 amide bonds. The first-order valence-electron chi connectivity index (χ1n) is 6.66. The maximum absolute atomic E-state index is 12.2. The molecule has 0 radical (unpaired) electrons. The standard InChI is InChI=1S/C15H14N4O3/c1-22-12-5-3-2-4-10(12)8-16-14(20)11-6-7-13-17-18-15(21)19(13)9-11/h2-7,9H,8H2,1H3,(H,16,20)(H,18,21). The van der Waals surface area contributed by atoms with Crippen LogP contribution in [0.5, 0.6) is 5.75 Å². The van der Waals surface area contributed by atoms with Gasteiger partial charge in [-0.15, -0.1) is 0 Å². The molecule has 2 N–H and O–H groups in total. The van der Waals surface area contributed by atoms with E-state index in [4.69, 9.17) is 4.74 Å². The van der Waals surface area contributed by atoms with E-state index in [2.05, 4.69) is 15.5 Å². The minimum Gasteiger partial charge on any atom is -0.496 e. The van der Waals surface area contributed by atoms with Crippen molar-refractivity contribution in [3.8, 4) is 5.75 Å². The van der Waals surface area contributed by atoms with Crippen LogP contribution in [0.2, 0.25) is 0 Å². The zero-order chi connectivity index (χ0) is 15.5. The molecular weight excluding hydrogens is 284 g/mol. The lowest BCUT2D eigenvalue weighted by molar-refractivity contribution is 0.0950. The lowest BCUT2D eigenvalue weighted by Crippen LogP contribution is -2.24. The minimum absolute atomic E-state index is 0.277. The number of nitrogens with one attached hydrogen (secondary N) is 2. The molecule has 0 unspecified atom stereocenters. The molecule has 3 rings (SSSR count). The molecular formula is C15H14N4O3. The summed E-state index contributed by atoms with van der Waals surface area (Å²) < 4.78 is 6.53. The Balaban J connectivity index is 1.78. The monoisotopic (exact) mass is 298 g/mol. The fraction of sp³-hybridized carbons (Fsp3) is 0.133. The number of fused-ring (bicyclic) bond motifs is 1. The number of benzene rings is 1. The molecule has 0 saturated heterocycles. The van der Waals surface area contributed by atoms with Crippen molar-refractivity contribution in [2.45, 2.75) is 6.54 Å². The number of methoxy groups -OCH3 is 1. The molecule has 2 aromatic heterocycles. The molecule has 1 aromatic carbocycles. The van der Waals surface area contributed by atoms with Crippen molar-refractivity contribution in [2.24, 2.45) is 0 Å². The summed E-state index contributed by atoms with van der Waals surface area (Å²) in [4.78, 5) is 23.7. The van der Waals surface area contributed by atoms with Gasteiger partial charge in [-0.25, -0.2) is 14.3 Å². The van der Waals surface area contributed by atoms with Crippen molar-refractivity contribution < 1.29 is 9.53 Å². The van der Waals surface area contributed by atoms with E-state index < -0.39 is 0 Å². The van der Waals surface area contributed by atoms with Gasteiger partial charge in [-0.1, -0.05) is 18.2 Å². The lowest BCUT2D eigenvalue weighted by Gasteiger charge is -2.09. The van der Waals surface area contributed by atoms with Crippen LogP contribution in [0.15, 0.2) is 47.4 Å². The summed E-state index contributed by atoms with van der Waals surface area (Å²) in [7, 11) is 1.58. The Morgan fingerprint density at radius 3 is 2.95 bits per heavy atom. The van der Waals surface area contributed by atoms with Crippen LogP contribution in [0, 0.1) is 0 Å². The Labute approximate surface area is 125 Å². The largest absolute Gasteiger partial charge is 0.496 e. The van der Waals surface area contributed by atoms with Crippen LogP contribution < -0.4 is 15.7 Å². The van der Waals surface area contributed by atoms with Gasteiger partial charge in [0.2, 0.25) is 0 Å². The predicted octanol–water partition coefficient (Wildman–Crippen LogP) is 0.961. The first kappa shape index (κ1) is 13.9. The number of aromatic amines is 1. The summed E-state index contributed by atoms with van der Waals surface area (Å²) in [5.41, 5.74) is 1.34. The second-order valence-electron chi connectivity index (χ2n) is 4.67. The highest BCUT2D eigenvalue weighted by atomic mass is 16.5. The average molecular weight is 298 g/mol. The second-order valence-corrected chi connectivity index (χ2v) is 4.67. The highest BCUT2D eigenvalue weighted by molar-refractivity contribution is 5.94. The summed E-state index contributed by atoms with van der Waals surface area (Å²) >= 11 is 0. The quantitative estimate of drug-likeness (QED) is 0.751. The average Bonchev–Trinajstić information content (AvgIpc) is 2.93. The zero-order valence-corrected chi connectivity index (χ0v) is 11.9. The molecule has 0 saturated carbocycles. The SMILES string of the molecule is COc1ccccc1CNC(=O)c1ccc2n[nH]c(=O)n2c1. The highest BCUT2D eigenvalue weighted by Gasteiger charge is 2.09. The number of hydrogen-bond acceptors (Lipinski definition) is 4. The van der Waals surface area contributed by atoms with Crippen LogP contribution in [0.4, 0.5) is 0 Å². The molecule has 0 aliphatic carbocycles. The number of para-hydroxylation sites is 1. The maximum atomic E-state index is 12.2. The summed E-state index contributed by atoms with van der Waals surface area (Å²) in [6.45, 7) is 0.334. The fourth-order valence-corrected chi connectivity index (χ4v) is 2.17. The smallest absolute Gasteiger partial charge is 0.347 e. The van der Waals surface area contributed by atoms with Crippen molar-refractivity contribution in [3.05, 3.63) is 64.2 Å². The molecule has 0 aliphatic rings. The first-order valence-corrected chi connectivity index (χ1v) is 6.66. The minimum atomic E-state index is -0.380. The van der Waals surface area contributed by atoms with Crippen molar-refractivity contribution >= 4 is 11.6 Å². The fourth-order valence-electron chi connectivity index (χ4n) is 2.17. The number of hydrogen-bond donors (Lipinski definition) is 2. The third-order valence-corrected chi connectivity index (χ3v) is 3.31. The van der Waals surface area contributed by atoms with Gasteiger partial charge in [-0.2, -0.15) is 5.10 Å². The van der Waals surface area contributed by atoms with E-state index >= 15 is 0 Å². The number of pyridine rings is 1. The van der Waals surface area contributed by atoms with E-state index in [1.54, 1.807) is 19.2 Å². The van der Waals surface area contributed by atoms with Crippen molar-refractivity contribution in [2.75, 3.05) is 7.11 Å². The number of amides is 1. The molecule has 0 spiro atoms. The molecule has 22 heavy (non-hydrogen) atoms. The Bertz CT molecular complexity index is 882. The van der Waals surface area contributed by atoms with Crippen molar-refractivity contribution in [1.29, 1.82) is 0 Å².